The van der Waals surface area contributed by atoms with Gasteiger partial charge < -0.3 is 4.42 Å². The molecule has 0 saturated carbocycles. The van der Waals surface area contributed by atoms with Crippen LogP contribution in [0.4, 0.5) is 13.2 Å². The molecule has 4 nitrogen and oxygen atoms in total. The molecule has 0 aliphatic rings. The fourth-order valence-corrected chi connectivity index (χ4v) is 4.37. The van der Waals surface area contributed by atoms with Gasteiger partial charge in [0.15, 0.2) is 9.84 Å². The summed E-state index contributed by atoms with van der Waals surface area (Å²) in [5.74, 6) is -1.52. The highest BCUT2D eigenvalue weighted by Crippen LogP contribution is 2.38. The van der Waals surface area contributed by atoms with Gasteiger partial charge in [0.25, 0.3) is 0 Å². The molecule has 0 amide bonds. The second kappa shape index (κ2) is 8.08. The van der Waals surface area contributed by atoms with E-state index in [1.54, 1.807) is 30.3 Å². The van der Waals surface area contributed by atoms with Gasteiger partial charge in [-0.15, -0.1) is 0 Å². The number of rotatable bonds is 5. The summed E-state index contributed by atoms with van der Waals surface area (Å²) in [5.41, 5.74) is -0.825. The maximum Gasteiger partial charge on any atom is 0.449 e. The summed E-state index contributed by atoms with van der Waals surface area (Å²) in [5, 5.41) is 0. The van der Waals surface area contributed by atoms with Crippen LogP contribution in [0, 0.1) is 0 Å². The molecule has 2 aromatic carbocycles. The molecule has 152 valence electrons. The van der Waals surface area contributed by atoms with Gasteiger partial charge in [0.1, 0.15) is 4.90 Å². The normalized spacial score (nSPS) is 12.1. The number of hydrogen-bond donors (Lipinski definition) is 0. The van der Waals surface area contributed by atoms with E-state index in [0.29, 0.717) is 4.90 Å². The Kier molecular flexibility index (Phi) is 5.90. The van der Waals surface area contributed by atoms with Crippen LogP contribution >= 0.6 is 11.8 Å². The van der Waals surface area contributed by atoms with Crippen molar-refractivity contribution in [1.29, 1.82) is 0 Å². The Morgan fingerprint density at radius 2 is 1.62 bits per heavy atom. The summed E-state index contributed by atoms with van der Waals surface area (Å²) in [6.45, 7) is 1.50. The molecule has 1 heterocycles. The third-order valence-corrected chi connectivity index (χ3v) is 6.90. The van der Waals surface area contributed by atoms with Crippen molar-refractivity contribution in [3.8, 4) is 11.1 Å². The van der Waals surface area contributed by atoms with Crippen LogP contribution in [0.1, 0.15) is 12.7 Å². The molecular formula is C20H15F3O4S2. The first-order valence-corrected chi connectivity index (χ1v) is 10.9. The first kappa shape index (κ1) is 21.2. The minimum absolute atomic E-state index is 0.0166. The quantitative estimate of drug-likeness (QED) is 0.541. The van der Waals surface area contributed by atoms with E-state index in [-0.39, 0.29) is 26.7 Å². The van der Waals surface area contributed by atoms with Gasteiger partial charge in [-0.05, 0) is 35.9 Å². The third-order valence-electron chi connectivity index (χ3n) is 4.06. The summed E-state index contributed by atoms with van der Waals surface area (Å²) in [6, 6.07) is 14.8. The van der Waals surface area contributed by atoms with Crippen LogP contribution < -0.4 is 5.63 Å². The topological polar surface area (TPSA) is 64.3 Å². The lowest BCUT2D eigenvalue weighted by Gasteiger charge is -2.12. The molecule has 0 radical (unpaired) electrons. The van der Waals surface area contributed by atoms with Crippen LogP contribution in [0.25, 0.3) is 11.1 Å². The standard InChI is InChI=1S/C20H15F3O4S2/c1-2-29(25,26)15-10-8-13(9-11-15)16-12-17(20(21,22)23)27-19(24)18(16)28-14-6-4-3-5-7-14/h3-12H,2H2,1H3. The van der Waals surface area contributed by atoms with Gasteiger partial charge in [0.05, 0.1) is 10.6 Å². The Labute approximate surface area is 169 Å². The Morgan fingerprint density at radius 3 is 2.17 bits per heavy atom. The molecule has 0 bridgehead atoms. The van der Waals surface area contributed by atoms with Crippen molar-refractivity contribution in [3.63, 3.8) is 0 Å². The van der Waals surface area contributed by atoms with Crippen LogP contribution in [0.5, 0.6) is 0 Å². The zero-order valence-electron chi connectivity index (χ0n) is 15.1. The van der Waals surface area contributed by atoms with E-state index in [4.69, 9.17) is 0 Å². The van der Waals surface area contributed by atoms with Crippen LogP contribution in [0.2, 0.25) is 0 Å². The third kappa shape index (κ3) is 4.73. The molecule has 1 aromatic heterocycles. The number of benzene rings is 2. The lowest BCUT2D eigenvalue weighted by Crippen LogP contribution is -2.13. The van der Waals surface area contributed by atoms with Gasteiger partial charge in [-0.25, -0.2) is 13.2 Å². The molecular weight excluding hydrogens is 425 g/mol. The molecule has 9 heteroatoms. The number of hydrogen-bond acceptors (Lipinski definition) is 5. The van der Waals surface area contributed by atoms with Crippen molar-refractivity contribution in [3.05, 3.63) is 76.8 Å². The largest absolute Gasteiger partial charge is 0.449 e. The fourth-order valence-electron chi connectivity index (χ4n) is 2.55. The average Bonchev–Trinajstić information content (AvgIpc) is 2.69. The van der Waals surface area contributed by atoms with Crippen LogP contribution in [0.3, 0.4) is 0 Å². The van der Waals surface area contributed by atoms with E-state index in [0.717, 1.165) is 17.8 Å². The molecule has 0 N–H and O–H groups in total. The Morgan fingerprint density at radius 1 is 1.00 bits per heavy atom. The van der Waals surface area contributed by atoms with Gasteiger partial charge in [-0.1, -0.05) is 49.0 Å². The molecule has 0 spiro atoms. The Bertz CT molecular complexity index is 1170. The van der Waals surface area contributed by atoms with Crippen molar-refractivity contribution in [1.82, 2.24) is 0 Å². The summed E-state index contributed by atoms with van der Waals surface area (Å²) >= 11 is 0.977. The smallest absolute Gasteiger partial charge is 0.417 e. The summed E-state index contributed by atoms with van der Waals surface area (Å²) < 4.78 is 68.0. The minimum atomic E-state index is -4.84. The lowest BCUT2D eigenvalue weighted by molar-refractivity contribution is -0.154. The Hall–Kier alpha value is -2.52. The molecule has 0 fully saturated rings. The molecule has 29 heavy (non-hydrogen) atoms. The van der Waals surface area contributed by atoms with Crippen molar-refractivity contribution in [2.24, 2.45) is 0 Å². The molecule has 3 rings (SSSR count). The molecule has 0 aliphatic carbocycles. The molecule has 0 saturated heterocycles. The molecule has 0 aliphatic heterocycles. The van der Waals surface area contributed by atoms with Crippen LogP contribution in [-0.2, 0) is 16.0 Å². The number of alkyl halides is 3. The predicted octanol–water partition coefficient (Wildman–Crippen LogP) is 5.27. The van der Waals surface area contributed by atoms with E-state index < -0.39 is 27.4 Å². The minimum Gasteiger partial charge on any atom is -0.417 e. The monoisotopic (exact) mass is 440 g/mol. The maximum absolute atomic E-state index is 13.2. The highest BCUT2D eigenvalue weighted by molar-refractivity contribution is 7.99. The van der Waals surface area contributed by atoms with E-state index in [1.807, 2.05) is 0 Å². The maximum atomic E-state index is 13.2. The van der Waals surface area contributed by atoms with E-state index in [9.17, 15) is 26.4 Å². The highest BCUT2D eigenvalue weighted by Gasteiger charge is 2.36. The Balaban J connectivity index is 2.17. The number of sulfone groups is 1. The zero-order chi connectivity index (χ0) is 21.2. The summed E-state index contributed by atoms with van der Waals surface area (Å²) in [4.78, 5) is 13.1. The molecule has 0 unspecified atom stereocenters. The number of halogens is 3. The van der Waals surface area contributed by atoms with Crippen LogP contribution in [-0.4, -0.2) is 14.2 Å². The first-order chi connectivity index (χ1) is 13.6. The lowest BCUT2D eigenvalue weighted by atomic mass is 10.1. The second-order valence-corrected chi connectivity index (χ2v) is 9.34. The fraction of sp³-hybridized carbons (Fsp3) is 0.150. The molecule has 0 atom stereocenters. The second-order valence-electron chi connectivity index (χ2n) is 5.98. The summed E-state index contributed by atoms with van der Waals surface area (Å²) in [6.07, 6.45) is -4.84. The summed E-state index contributed by atoms with van der Waals surface area (Å²) in [7, 11) is -3.46. The SMILES string of the molecule is CCS(=O)(=O)c1ccc(-c2cc(C(F)(F)F)oc(=O)c2Sc2ccccc2)cc1. The van der Waals surface area contributed by atoms with E-state index in [2.05, 4.69) is 4.42 Å². The van der Waals surface area contributed by atoms with Crippen molar-refractivity contribution < 1.29 is 26.0 Å². The van der Waals surface area contributed by atoms with Gasteiger partial charge in [-0.3, -0.25) is 0 Å². The van der Waals surface area contributed by atoms with Gasteiger partial charge in [-0.2, -0.15) is 13.2 Å². The zero-order valence-corrected chi connectivity index (χ0v) is 16.7. The van der Waals surface area contributed by atoms with Crippen molar-refractivity contribution in [2.75, 3.05) is 5.75 Å². The average molecular weight is 440 g/mol. The van der Waals surface area contributed by atoms with Gasteiger partial charge in [0.2, 0.25) is 5.76 Å². The van der Waals surface area contributed by atoms with Crippen molar-refractivity contribution >= 4 is 21.6 Å². The highest BCUT2D eigenvalue weighted by atomic mass is 32.2. The van der Waals surface area contributed by atoms with Gasteiger partial charge in [0, 0.05) is 10.5 Å². The van der Waals surface area contributed by atoms with Crippen molar-refractivity contribution in [2.45, 2.75) is 27.8 Å². The van der Waals surface area contributed by atoms with Gasteiger partial charge >= 0.3 is 11.8 Å². The van der Waals surface area contributed by atoms with E-state index in [1.165, 1.54) is 31.2 Å². The van der Waals surface area contributed by atoms with Crippen LogP contribution in [0.15, 0.2) is 84.6 Å². The predicted molar refractivity (Wildman–Crippen MR) is 104 cm³/mol. The molecule has 3 aromatic rings. The van der Waals surface area contributed by atoms with E-state index >= 15 is 0 Å². The first-order valence-electron chi connectivity index (χ1n) is 8.43.